The molecule has 1 heterocycles. The molecule has 0 aliphatic carbocycles. The fourth-order valence-corrected chi connectivity index (χ4v) is 0.577. The van der Waals surface area contributed by atoms with Gasteiger partial charge in [0.15, 0.2) is 0 Å². The first-order valence-electron chi connectivity index (χ1n) is 2.28. The number of nitrogens with zero attached hydrogens (tertiary/aromatic N) is 2. The summed E-state index contributed by atoms with van der Waals surface area (Å²) in [4.78, 5) is 0. The monoisotopic (exact) mass is 129 g/mol. The van der Waals surface area contributed by atoms with Crippen molar-refractivity contribution < 1.29 is 0 Å². The molecule has 0 saturated carbocycles. The largest absolute Gasteiger partial charge is 0.271 e. The van der Waals surface area contributed by atoms with Crippen molar-refractivity contribution in [1.29, 1.82) is 0 Å². The lowest BCUT2D eigenvalue weighted by Gasteiger charge is -1.89. The quantitative estimate of drug-likeness (QED) is 0.515. The van der Waals surface area contributed by atoms with Crippen molar-refractivity contribution in [2.24, 2.45) is 7.05 Å². The zero-order chi connectivity index (χ0) is 6.15. The summed E-state index contributed by atoms with van der Waals surface area (Å²) < 4.78 is 1.68. The molecule has 0 saturated heterocycles. The molecule has 1 radical (unpaired) electrons. The topological polar surface area (TPSA) is 17.8 Å². The average Bonchev–Trinajstić information content (AvgIpc) is 1.98. The summed E-state index contributed by atoms with van der Waals surface area (Å²) in [7, 11) is 1.83. The smallest absolute Gasteiger partial charge is 0.133 e. The molecule has 8 heavy (non-hydrogen) atoms. The SMILES string of the molecule is Cc1c(Cl)[c]nn1C. The fraction of sp³-hybridized carbons (Fsp3) is 0.400. The summed E-state index contributed by atoms with van der Waals surface area (Å²) >= 11 is 5.59. The highest BCUT2D eigenvalue weighted by Gasteiger charge is 1.97. The highest BCUT2D eigenvalue weighted by Crippen LogP contribution is 2.09. The molecule has 1 aromatic heterocycles. The van der Waals surface area contributed by atoms with Crippen LogP contribution in [0, 0.1) is 13.1 Å². The molecule has 0 aromatic carbocycles. The van der Waals surface area contributed by atoms with E-state index in [0.29, 0.717) is 5.02 Å². The Bertz CT molecular complexity index is 173. The van der Waals surface area contributed by atoms with E-state index in [1.807, 2.05) is 14.0 Å². The molecule has 3 heteroatoms. The van der Waals surface area contributed by atoms with Crippen LogP contribution in [-0.2, 0) is 7.05 Å². The number of hydrogen-bond acceptors (Lipinski definition) is 1. The normalized spacial score (nSPS) is 9.88. The summed E-state index contributed by atoms with van der Waals surface area (Å²) in [6, 6.07) is 0. The van der Waals surface area contributed by atoms with Gasteiger partial charge in [-0.15, -0.1) is 0 Å². The number of hydrogen-bond donors (Lipinski definition) is 0. The number of rotatable bonds is 0. The van der Waals surface area contributed by atoms with Crippen LogP contribution in [0.2, 0.25) is 5.02 Å². The summed E-state index contributed by atoms with van der Waals surface area (Å²) in [5, 5.41) is 4.38. The molecule has 0 spiro atoms. The Morgan fingerprint density at radius 3 is 2.50 bits per heavy atom. The van der Waals surface area contributed by atoms with Gasteiger partial charge in [0.2, 0.25) is 0 Å². The van der Waals surface area contributed by atoms with E-state index in [1.165, 1.54) is 0 Å². The minimum Gasteiger partial charge on any atom is -0.271 e. The molecule has 0 amide bonds. The average molecular weight is 130 g/mol. The third kappa shape index (κ3) is 0.713. The number of aromatic nitrogens is 2. The Labute approximate surface area is 53.1 Å². The first-order chi connectivity index (χ1) is 3.72. The molecule has 0 atom stereocenters. The predicted molar refractivity (Wildman–Crippen MR) is 31.8 cm³/mol. The maximum absolute atomic E-state index is 5.59. The van der Waals surface area contributed by atoms with Gasteiger partial charge < -0.3 is 0 Å². The Morgan fingerprint density at radius 1 is 1.75 bits per heavy atom. The summed E-state index contributed by atoms with van der Waals surface area (Å²) in [6.45, 7) is 1.89. The minimum atomic E-state index is 0.604. The van der Waals surface area contributed by atoms with E-state index in [9.17, 15) is 0 Å². The Hall–Kier alpha value is -0.500. The third-order valence-corrected chi connectivity index (χ3v) is 1.46. The van der Waals surface area contributed by atoms with Gasteiger partial charge in [0.25, 0.3) is 0 Å². The Morgan fingerprint density at radius 2 is 2.38 bits per heavy atom. The van der Waals surface area contributed by atoms with Gasteiger partial charge in [0.1, 0.15) is 6.20 Å². The molecule has 0 N–H and O–H groups in total. The van der Waals surface area contributed by atoms with Crippen LogP contribution in [0.4, 0.5) is 0 Å². The van der Waals surface area contributed by atoms with E-state index in [2.05, 4.69) is 11.3 Å². The zero-order valence-electron chi connectivity index (χ0n) is 4.77. The van der Waals surface area contributed by atoms with Crippen LogP contribution < -0.4 is 0 Å². The zero-order valence-corrected chi connectivity index (χ0v) is 5.53. The molecule has 1 aromatic rings. The molecule has 0 aliphatic rings. The Balaban J connectivity index is 3.19. The van der Waals surface area contributed by atoms with Crippen molar-refractivity contribution in [1.82, 2.24) is 9.78 Å². The van der Waals surface area contributed by atoms with Gasteiger partial charge in [-0.25, -0.2) is 0 Å². The molecular formula is C5H6ClN2. The number of halogens is 1. The second kappa shape index (κ2) is 1.78. The van der Waals surface area contributed by atoms with Crippen LogP contribution in [0.5, 0.6) is 0 Å². The first-order valence-corrected chi connectivity index (χ1v) is 2.66. The highest BCUT2D eigenvalue weighted by atomic mass is 35.5. The number of aryl methyl sites for hydroxylation is 1. The second-order valence-electron chi connectivity index (χ2n) is 1.63. The van der Waals surface area contributed by atoms with E-state index in [-0.39, 0.29) is 0 Å². The van der Waals surface area contributed by atoms with Gasteiger partial charge in [0, 0.05) is 7.05 Å². The van der Waals surface area contributed by atoms with Crippen LogP contribution in [0.15, 0.2) is 0 Å². The van der Waals surface area contributed by atoms with Crippen LogP contribution in [0.1, 0.15) is 5.69 Å². The minimum absolute atomic E-state index is 0.604. The molecule has 0 bridgehead atoms. The fourth-order valence-electron chi connectivity index (χ4n) is 0.417. The van der Waals surface area contributed by atoms with Crippen LogP contribution in [0.3, 0.4) is 0 Å². The van der Waals surface area contributed by atoms with E-state index < -0.39 is 0 Å². The first kappa shape index (κ1) is 5.63. The van der Waals surface area contributed by atoms with Gasteiger partial charge >= 0.3 is 0 Å². The van der Waals surface area contributed by atoms with Crippen molar-refractivity contribution in [3.8, 4) is 0 Å². The molecule has 0 unspecified atom stereocenters. The lowest BCUT2D eigenvalue weighted by molar-refractivity contribution is 0.738. The maximum atomic E-state index is 5.59. The van der Waals surface area contributed by atoms with Crippen molar-refractivity contribution in [3.05, 3.63) is 16.9 Å². The van der Waals surface area contributed by atoms with E-state index in [1.54, 1.807) is 4.68 Å². The van der Waals surface area contributed by atoms with Crippen molar-refractivity contribution in [3.63, 3.8) is 0 Å². The molecule has 0 fully saturated rings. The van der Waals surface area contributed by atoms with Crippen molar-refractivity contribution in [2.75, 3.05) is 0 Å². The van der Waals surface area contributed by atoms with Gasteiger partial charge in [-0.1, -0.05) is 11.6 Å². The molecule has 1 rings (SSSR count). The van der Waals surface area contributed by atoms with Gasteiger partial charge in [-0.05, 0) is 6.92 Å². The molecule has 43 valence electrons. The highest BCUT2D eigenvalue weighted by molar-refractivity contribution is 6.30. The van der Waals surface area contributed by atoms with Crippen LogP contribution in [0.25, 0.3) is 0 Å². The van der Waals surface area contributed by atoms with Gasteiger partial charge in [-0.2, -0.15) is 5.10 Å². The van der Waals surface area contributed by atoms with E-state index in [0.717, 1.165) is 5.69 Å². The molecule has 0 aliphatic heterocycles. The van der Waals surface area contributed by atoms with Crippen LogP contribution in [-0.4, -0.2) is 9.78 Å². The van der Waals surface area contributed by atoms with E-state index >= 15 is 0 Å². The van der Waals surface area contributed by atoms with Crippen molar-refractivity contribution >= 4 is 11.6 Å². The second-order valence-corrected chi connectivity index (χ2v) is 2.01. The lowest BCUT2D eigenvalue weighted by atomic mass is 10.5. The summed E-state index contributed by atoms with van der Waals surface area (Å²) in [6.07, 6.45) is 2.61. The molecule has 2 nitrogen and oxygen atoms in total. The molecular weight excluding hydrogens is 124 g/mol. The van der Waals surface area contributed by atoms with Crippen LogP contribution >= 0.6 is 11.6 Å². The van der Waals surface area contributed by atoms with Crippen molar-refractivity contribution in [2.45, 2.75) is 6.92 Å². The van der Waals surface area contributed by atoms with Gasteiger partial charge in [-0.3, -0.25) is 4.68 Å². The third-order valence-electron chi connectivity index (χ3n) is 1.10. The van der Waals surface area contributed by atoms with Gasteiger partial charge in [0.05, 0.1) is 10.7 Å². The lowest BCUT2D eigenvalue weighted by Crippen LogP contribution is -1.91. The predicted octanol–water partition coefficient (Wildman–Crippen LogP) is 1.18. The maximum Gasteiger partial charge on any atom is 0.133 e. The van der Waals surface area contributed by atoms with E-state index in [4.69, 9.17) is 11.6 Å². The summed E-state index contributed by atoms with van der Waals surface area (Å²) in [5.74, 6) is 0. The standard InChI is InChI=1S/C5H6ClN2/c1-4-5(6)3-7-8(4)2/h1-2H3. The summed E-state index contributed by atoms with van der Waals surface area (Å²) in [5.41, 5.74) is 0.951. The Kier molecular flexibility index (Phi) is 1.26.